The minimum Gasteiger partial charge on any atom is -0.381 e. The molecule has 0 fully saturated rings. The predicted octanol–water partition coefficient (Wildman–Crippen LogP) is 2.10. The summed E-state index contributed by atoms with van der Waals surface area (Å²) < 4.78 is 1.81. The fourth-order valence-corrected chi connectivity index (χ4v) is 1.66. The lowest BCUT2D eigenvalue weighted by Crippen LogP contribution is -2.09. The zero-order chi connectivity index (χ0) is 12.3. The van der Waals surface area contributed by atoms with E-state index >= 15 is 0 Å². The quantitative estimate of drug-likeness (QED) is 0.873. The van der Waals surface area contributed by atoms with Crippen LogP contribution in [0.2, 0.25) is 0 Å². The van der Waals surface area contributed by atoms with Gasteiger partial charge in [0.1, 0.15) is 0 Å². The van der Waals surface area contributed by atoms with Gasteiger partial charge in [-0.1, -0.05) is 6.07 Å². The highest BCUT2D eigenvalue weighted by molar-refractivity contribution is 5.57. The van der Waals surface area contributed by atoms with Gasteiger partial charge in [-0.25, -0.2) is 0 Å². The highest BCUT2D eigenvalue weighted by Crippen LogP contribution is 2.17. The number of anilines is 2. The minimum atomic E-state index is 0.796. The van der Waals surface area contributed by atoms with E-state index in [0.717, 1.165) is 12.2 Å². The van der Waals surface area contributed by atoms with Crippen LogP contribution in [0.25, 0.3) is 0 Å². The smallest absolute Gasteiger partial charge is 0.0539 e. The molecule has 0 aliphatic heterocycles. The fraction of sp³-hybridized carbons (Fsp3) is 0.308. The Labute approximate surface area is 102 Å². The largest absolute Gasteiger partial charge is 0.381 e. The van der Waals surface area contributed by atoms with Crippen LogP contribution in [-0.2, 0) is 13.6 Å². The van der Waals surface area contributed by atoms with Gasteiger partial charge in [-0.3, -0.25) is 4.68 Å². The molecule has 0 amide bonds. The van der Waals surface area contributed by atoms with Gasteiger partial charge in [0.05, 0.1) is 6.20 Å². The molecule has 1 aromatic carbocycles. The summed E-state index contributed by atoms with van der Waals surface area (Å²) in [7, 11) is 6.01. The lowest BCUT2D eigenvalue weighted by atomic mass is 10.2. The average Bonchev–Trinajstić information content (AvgIpc) is 2.73. The fourth-order valence-electron chi connectivity index (χ4n) is 1.66. The van der Waals surface area contributed by atoms with Crippen molar-refractivity contribution in [2.75, 3.05) is 24.3 Å². The van der Waals surface area contributed by atoms with Gasteiger partial charge in [-0.2, -0.15) is 5.10 Å². The van der Waals surface area contributed by atoms with E-state index in [9.17, 15) is 0 Å². The van der Waals surface area contributed by atoms with E-state index < -0.39 is 0 Å². The first kappa shape index (κ1) is 11.5. The zero-order valence-electron chi connectivity index (χ0n) is 10.5. The molecule has 17 heavy (non-hydrogen) atoms. The van der Waals surface area contributed by atoms with Gasteiger partial charge in [0.15, 0.2) is 0 Å². The van der Waals surface area contributed by atoms with E-state index in [-0.39, 0.29) is 0 Å². The predicted molar refractivity (Wildman–Crippen MR) is 71.3 cm³/mol. The Bertz CT molecular complexity index is 488. The summed E-state index contributed by atoms with van der Waals surface area (Å²) >= 11 is 0. The second-order valence-corrected chi connectivity index (χ2v) is 4.32. The summed E-state index contributed by atoms with van der Waals surface area (Å²) in [5, 5.41) is 7.53. The highest BCUT2D eigenvalue weighted by atomic mass is 15.2. The molecule has 0 unspecified atom stereocenters. The van der Waals surface area contributed by atoms with Crippen LogP contribution >= 0.6 is 0 Å². The highest BCUT2D eigenvalue weighted by Gasteiger charge is 1.99. The molecule has 90 valence electrons. The third-order valence-corrected chi connectivity index (χ3v) is 2.62. The normalized spacial score (nSPS) is 10.3. The number of aryl methyl sites for hydroxylation is 1. The molecule has 2 rings (SSSR count). The molecule has 4 heteroatoms. The van der Waals surface area contributed by atoms with Gasteiger partial charge >= 0.3 is 0 Å². The molecule has 0 aliphatic carbocycles. The lowest BCUT2D eigenvalue weighted by molar-refractivity contribution is 0.767. The van der Waals surface area contributed by atoms with Crippen LogP contribution in [0.1, 0.15) is 5.56 Å². The molecular weight excluding hydrogens is 212 g/mol. The standard InChI is InChI=1S/C13H18N4/c1-16(2)13-6-4-5-12(7-13)14-8-11-9-15-17(3)10-11/h4-7,9-10,14H,8H2,1-3H3. The van der Waals surface area contributed by atoms with E-state index in [4.69, 9.17) is 0 Å². The summed E-state index contributed by atoms with van der Waals surface area (Å²) in [4.78, 5) is 2.09. The van der Waals surface area contributed by atoms with Gasteiger partial charge in [-0.15, -0.1) is 0 Å². The molecule has 1 heterocycles. The molecule has 1 N–H and O–H groups in total. The number of hydrogen-bond acceptors (Lipinski definition) is 3. The maximum Gasteiger partial charge on any atom is 0.0539 e. The SMILES string of the molecule is CN(C)c1cccc(NCc2cnn(C)c2)c1. The maximum atomic E-state index is 4.14. The number of nitrogens with zero attached hydrogens (tertiary/aromatic N) is 3. The zero-order valence-corrected chi connectivity index (χ0v) is 10.5. The number of hydrogen-bond donors (Lipinski definition) is 1. The van der Waals surface area contributed by atoms with Gasteiger partial charge in [0.2, 0.25) is 0 Å². The van der Waals surface area contributed by atoms with Crippen molar-refractivity contribution < 1.29 is 0 Å². The van der Waals surface area contributed by atoms with Gasteiger partial charge in [-0.05, 0) is 18.2 Å². The van der Waals surface area contributed by atoms with Crippen molar-refractivity contribution in [3.63, 3.8) is 0 Å². The van der Waals surface area contributed by atoms with Crippen LogP contribution in [0.3, 0.4) is 0 Å². The number of benzene rings is 1. The third-order valence-electron chi connectivity index (χ3n) is 2.62. The molecule has 0 spiro atoms. The van der Waals surface area contributed by atoms with E-state index in [1.54, 1.807) is 0 Å². The monoisotopic (exact) mass is 230 g/mol. The van der Waals surface area contributed by atoms with Crippen molar-refractivity contribution in [1.82, 2.24) is 9.78 Å². The Morgan fingerprint density at radius 3 is 2.82 bits per heavy atom. The number of nitrogens with one attached hydrogen (secondary N) is 1. The van der Waals surface area contributed by atoms with Crippen molar-refractivity contribution in [3.05, 3.63) is 42.2 Å². The molecule has 0 atom stereocenters. The van der Waals surface area contributed by atoms with Crippen LogP contribution in [0.5, 0.6) is 0 Å². The summed E-state index contributed by atoms with van der Waals surface area (Å²) in [6, 6.07) is 8.36. The molecule has 0 saturated heterocycles. The first-order valence-electron chi connectivity index (χ1n) is 5.64. The van der Waals surface area contributed by atoms with Gasteiger partial charge in [0, 0.05) is 50.8 Å². The average molecular weight is 230 g/mol. The maximum absolute atomic E-state index is 4.14. The first-order valence-corrected chi connectivity index (χ1v) is 5.64. The Kier molecular flexibility index (Phi) is 3.32. The van der Waals surface area contributed by atoms with Crippen molar-refractivity contribution in [1.29, 1.82) is 0 Å². The van der Waals surface area contributed by atoms with Crippen molar-refractivity contribution in [3.8, 4) is 0 Å². The molecule has 1 aromatic heterocycles. The van der Waals surface area contributed by atoms with Crippen molar-refractivity contribution in [2.24, 2.45) is 7.05 Å². The topological polar surface area (TPSA) is 33.1 Å². The Balaban J connectivity index is 2.01. The second kappa shape index (κ2) is 4.91. The molecule has 0 aliphatic rings. The van der Waals surface area contributed by atoms with E-state index in [1.807, 2.05) is 38.2 Å². The lowest BCUT2D eigenvalue weighted by Gasteiger charge is -2.14. The summed E-state index contributed by atoms with van der Waals surface area (Å²) in [6.45, 7) is 0.796. The van der Waals surface area contributed by atoms with E-state index in [2.05, 4.69) is 39.6 Å². The van der Waals surface area contributed by atoms with Crippen molar-refractivity contribution >= 4 is 11.4 Å². The van der Waals surface area contributed by atoms with E-state index in [0.29, 0.717) is 0 Å². The Morgan fingerprint density at radius 1 is 1.35 bits per heavy atom. The summed E-state index contributed by atoms with van der Waals surface area (Å²) in [5.41, 5.74) is 3.50. The van der Waals surface area contributed by atoms with Crippen molar-refractivity contribution in [2.45, 2.75) is 6.54 Å². The number of aromatic nitrogens is 2. The Morgan fingerprint density at radius 2 is 2.18 bits per heavy atom. The molecule has 0 radical (unpaired) electrons. The Hall–Kier alpha value is -1.97. The third kappa shape index (κ3) is 3.00. The molecule has 0 saturated carbocycles. The minimum absolute atomic E-state index is 0.796. The van der Waals surface area contributed by atoms with Gasteiger partial charge in [0.25, 0.3) is 0 Å². The van der Waals surface area contributed by atoms with Crippen LogP contribution in [0, 0.1) is 0 Å². The molecule has 4 nitrogen and oxygen atoms in total. The van der Waals surface area contributed by atoms with E-state index in [1.165, 1.54) is 11.3 Å². The summed E-state index contributed by atoms with van der Waals surface area (Å²) in [6.07, 6.45) is 3.89. The summed E-state index contributed by atoms with van der Waals surface area (Å²) in [5.74, 6) is 0. The number of rotatable bonds is 4. The van der Waals surface area contributed by atoms with Crippen LogP contribution in [0.15, 0.2) is 36.7 Å². The molecule has 2 aromatic rings. The van der Waals surface area contributed by atoms with Gasteiger partial charge < -0.3 is 10.2 Å². The first-order chi connectivity index (χ1) is 8.15. The second-order valence-electron chi connectivity index (χ2n) is 4.32. The molecule has 0 bridgehead atoms. The van der Waals surface area contributed by atoms with Crippen LogP contribution < -0.4 is 10.2 Å². The molecular formula is C13H18N4. The van der Waals surface area contributed by atoms with Crippen LogP contribution in [0.4, 0.5) is 11.4 Å². The van der Waals surface area contributed by atoms with Crippen LogP contribution in [-0.4, -0.2) is 23.9 Å².